The van der Waals surface area contributed by atoms with E-state index >= 15 is 0 Å². The molecule has 0 saturated heterocycles. The largest absolute Gasteiger partial charge is 0.459 e. The molecule has 0 heterocycles. The number of rotatable bonds is 36. The number of unbranched alkanes of at least 4 members (excludes halogenated alkanes) is 18. The number of carbonyl (C=O) groups is 2. The molecule has 0 bridgehead atoms. The molecule has 314 valence electrons. The molecule has 0 saturated carbocycles. The highest BCUT2D eigenvalue weighted by molar-refractivity contribution is 7.82. The molecule has 0 radical (unpaired) electrons. The standard InChI is InChI=1S/C38H66O14S2/c1-3-5-7-9-11-13-15-17-19-21-27-49-53(43,44)51-31-35(39)29-47-37(41)33-23-25-34(26-24-33)38(42)48-30-36(40)32-52-54(45,46)50-28-22-20-18-16-14-12-10-8-6-4-2/h23-26,35-36,39-40H,3-22,27-32H2,1-2H3. The Hall–Kier alpha value is -2.18. The fourth-order valence-electron chi connectivity index (χ4n) is 5.24. The minimum atomic E-state index is -4.32. The molecule has 0 fully saturated rings. The van der Waals surface area contributed by atoms with Crippen molar-refractivity contribution in [1.82, 2.24) is 0 Å². The maximum Gasteiger partial charge on any atom is 0.399 e. The van der Waals surface area contributed by atoms with Gasteiger partial charge in [-0.3, -0.25) is 0 Å². The lowest BCUT2D eigenvalue weighted by atomic mass is 10.1. The molecule has 1 rings (SSSR count). The highest BCUT2D eigenvalue weighted by Gasteiger charge is 2.19. The molecule has 2 atom stereocenters. The summed E-state index contributed by atoms with van der Waals surface area (Å²) in [5.41, 5.74) is 0.0622. The monoisotopic (exact) mass is 810 g/mol. The van der Waals surface area contributed by atoms with Gasteiger partial charge in [0.2, 0.25) is 0 Å². The first-order chi connectivity index (χ1) is 25.9. The minimum absolute atomic E-state index is 0.0260. The average Bonchev–Trinajstić information content (AvgIpc) is 3.15. The third-order valence-corrected chi connectivity index (χ3v) is 10.2. The normalized spacial score (nSPS) is 13.1. The second kappa shape index (κ2) is 31.0. The van der Waals surface area contributed by atoms with Crippen molar-refractivity contribution in [1.29, 1.82) is 0 Å². The van der Waals surface area contributed by atoms with Gasteiger partial charge in [0.05, 0.1) is 37.6 Å². The Kier molecular flexibility index (Phi) is 28.6. The Balaban J connectivity index is 2.21. The lowest BCUT2D eigenvalue weighted by Crippen LogP contribution is -2.26. The van der Waals surface area contributed by atoms with Gasteiger partial charge in [0.15, 0.2) is 0 Å². The lowest BCUT2D eigenvalue weighted by molar-refractivity contribution is 0.0109. The quantitative estimate of drug-likeness (QED) is 0.0513. The van der Waals surface area contributed by atoms with E-state index in [4.69, 9.17) is 17.8 Å². The fourth-order valence-corrected chi connectivity index (χ4v) is 6.67. The topological polar surface area (TPSA) is 198 Å². The van der Waals surface area contributed by atoms with E-state index in [0.29, 0.717) is 12.8 Å². The van der Waals surface area contributed by atoms with Crippen LogP contribution in [0.25, 0.3) is 0 Å². The van der Waals surface area contributed by atoms with E-state index in [0.717, 1.165) is 38.5 Å². The van der Waals surface area contributed by atoms with Gasteiger partial charge in [-0.15, -0.1) is 0 Å². The highest BCUT2D eigenvalue weighted by Crippen LogP contribution is 2.13. The van der Waals surface area contributed by atoms with Crippen LogP contribution < -0.4 is 0 Å². The maximum atomic E-state index is 12.4. The number of benzene rings is 1. The maximum absolute atomic E-state index is 12.4. The Morgan fingerprint density at radius 1 is 0.463 bits per heavy atom. The molecule has 0 aliphatic carbocycles. The van der Waals surface area contributed by atoms with E-state index in [1.807, 2.05) is 0 Å². The van der Waals surface area contributed by atoms with Crippen LogP contribution in [0.4, 0.5) is 0 Å². The highest BCUT2D eigenvalue weighted by atomic mass is 32.3. The molecule has 1 aromatic carbocycles. The van der Waals surface area contributed by atoms with Crippen molar-refractivity contribution >= 4 is 32.7 Å². The smallest absolute Gasteiger partial charge is 0.399 e. The predicted molar refractivity (Wildman–Crippen MR) is 204 cm³/mol. The Labute approximate surface area is 324 Å². The average molecular weight is 811 g/mol. The Morgan fingerprint density at radius 2 is 0.741 bits per heavy atom. The molecule has 54 heavy (non-hydrogen) atoms. The summed E-state index contributed by atoms with van der Waals surface area (Å²) in [5.74, 6) is -1.70. The van der Waals surface area contributed by atoms with Crippen LogP contribution in [-0.4, -0.2) is 90.8 Å². The van der Waals surface area contributed by atoms with Crippen LogP contribution in [0, 0.1) is 0 Å². The molecule has 0 aliphatic heterocycles. The van der Waals surface area contributed by atoms with Gasteiger partial charge in [-0.2, -0.15) is 16.8 Å². The van der Waals surface area contributed by atoms with Crippen molar-refractivity contribution in [3.05, 3.63) is 35.4 Å². The molecule has 14 nitrogen and oxygen atoms in total. The number of aliphatic hydroxyl groups excluding tert-OH is 2. The van der Waals surface area contributed by atoms with E-state index in [9.17, 15) is 36.6 Å². The molecular formula is C38H66O14S2. The van der Waals surface area contributed by atoms with Crippen LogP contribution in [0.15, 0.2) is 24.3 Å². The minimum Gasteiger partial charge on any atom is -0.459 e. The van der Waals surface area contributed by atoms with E-state index < -0.39 is 71.4 Å². The number of esters is 2. The first-order valence-electron chi connectivity index (χ1n) is 19.8. The molecule has 1 aromatic rings. The van der Waals surface area contributed by atoms with Crippen LogP contribution in [-0.2, 0) is 47.0 Å². The predicted octanol–water partition coefficient (Wildman–Crippen LogP) is 7.12. The number of ether oxygens (including phenoxy) is 2. The zero-order chi connectivity index (χ0) is 39.9. The van der Waals surface area contributed by atoms with Gasteiger partial charge in [0.25, 0.3) is 0 Å². The van der Waals surface area contributed by atoms with Crippen molar-refractivity contribution in [2.45, 2.75) is 154 Å². The fraction of sp³-hybridized carbons (Fsp3) is 0.789. The summed E-state index contributed by atoms with van der Waals surface area (Å²) in [7, 11) is -8.64. The van der Waals surface area contributed by atoms with Crippen LogP contribution >= 0.6 is 0 Å². The molecule has 2 unspecified atom stereocenters. The molecule has 0 spiro atoms. The molecule has 16 heteroatoms. The van der Waals surface area contributed by atoms with Gasteiger partial charge in [0.1, 0.15) is 25.4 Å². The third kappa shape index (κ3) is 27.4. The molecule has 0 aromatic heterocycles. The number of hydrogen-bond donors (Lipinski definition) is 2. The summed E-state index contributed by atoms with van der Waals surface area (Å²) >= 11 is 0. The van der Waals surface area contributed by atoms with Gasteiger partial charge in [-0.1, -0.05) is 129 Å². The molecule has 0 aliphatic rings. The molecule has 2 N–H and O–H groups in total. The van der Waals surface area contributed by atoms with Crippen LogP contribution in [0.1, 0.15) is 163 Å². The third-order valence-electron chi connectivity index (χ3n) is 8.43. The van der Waals surface area contributed by atoms with Crippen molar-refractivity contribution in [3.63, 3.8) is 0 Å². The zero-order valence-electron chi connectivity index (χ0n) is 32.5. The summed E-state index contributed by atoms with van der Waals surface area (Å²) in [6.45, 7) is 1.86. The number of carbonyl (C=O) groups excluding carboxylic acids is 2. The van der Waals surface area contributed by atoms with Gasteiger partial charge >= 0.3 is 32.7 Å². The van der Waals surface area contributed by atoms with E-state index in [1.54, 1.807) is 0 Å². The van der Waals surface area contributed by atoms with E-state index in [-0.39, 0.29) is 24.3 Å². The summed E-state index contributed by atoms with van der Waals surface area (Å²) in [4.78, 5) is 24.7. The second-order valence-corrected chi connectivity index (χ2v) is 16.1. The number of hydrogen-bond acceptors (Lipinski definition) is 14. The van der Waals surface area contributed by atoms with Gasteiger partial charge in [0, 0.05) is 0 Å². The van der Waals surface area contributed by atoms with Crippen molar-refractivity contribution in [2.75, 3.05) is 39.6 Å². The van der Waals surface area contributed by atoms with Crippen molar-refractivity contribution in [2.24, 2.45) is 0 Å². The lowest BCUT2D eigenvalue weighted by Gasteiger charge is -2.13. The van der Waals surface area contributed by atoms with Gasteiger partial charge in [-0.25, -0.2) is 26.3 Å². The summed E-state index contributed by atoms with van der Waals surface area (Å²) in [6, 6.07) is 5.08. The van der Waals surface area contributed by atoms with Gasteiger partial charge in [-0.05, 0) is 37.1 Å². The van der Waals surface area contributed by atoms with Crippen LogP contribution in [0.3, 0.4) is 0 Å². The second-order valence-electron chi connectivity index (χ2n) is 13.5. The first-order valence-corrected chi connectivity index (χ1v) is 22.4. The summed E-state index contributed by atoms with van der Waals surface area (Å²) < 4.78 is 76.8. The Morgan fingerprint density at radius 3 is 1.04 bits per heavy atom. The SMILES string of the molecule is CCCCCCCCCCCCOS(=O)(=O)OCC(O)COC(=O)c1ccc(C(=O)OCC(O)COS(=O)(=O)OCCCCCCCCCCCC)cc1. The van der Waals surface area contributed by atoms with Gasteiger partial charge < -0.3 is 19.7 Å². The summed E-state index contributed by atoms with van der Waals surface area (Å²) in [6.07, 6.45) is 19.0. The summed E-state index contributed by atoms with van der Waals surface area (Å²) in [5, 5.41) is 20.0. The van der Waals surface area contributed by atoms with E-state index in [2.05, 4.69) is 22.2 Å². The molecular weight excluding hydrogens is 745 g/mol. The first kappa shape index (κ1) is 49.8. The van der Waals surface area contributed by atoms with Crippen molar-refractivity contribution < 1.29 is 62.8 Å². The van der Waals surface area contributed by atoms with E-state index in [1.165, 1.54) is 101 Å². The molecule has 0 amide bonds. The number of aliphatic hydroxyl groups is 2. The Bertz CT molecular complexity index is 1220. The van der Waals surface area contributed by atoms with Crippen LogP contribution in [0.5, 0.6) is 0 Å². The zero-order valence-corrected chi connectivity index (χ0v) is 34.1. The van der Waals surface area contributed by atoms with Crippen molar-refractivity contribution in [3.8, 4) is 0 Å². The van der Waals surface area contributed by atoms with Crippen LogP contribution in [0.2, 0.25) is 0 Å².